The Bertz CT molecular complexity index is 489. The van der Waals surface area contributed by atoms with Crippen molar-refractivity contribution in [3.05, 3.63) is 47.8 Å². The smallest absolute Gasteiger partial charge is 0.248 e. The molecule has 0 aliphatic rings. The van der Waals surface area contributed by atoms with Crippen LogP contribution in [0.3, 0.4) is 0 Å². The number of nitrogens with two attached hydrogens (primary N) is 1. The summed E-state index contributed by atoms with van der Waals surface area (Å²) >= 11 is 0. The standard InChI is InChI=1S/C11H11N3O/c1-8-3-4-9(11(12)15)7-10(8)14-6-2-5-13-14/h2-7H,1H3,(H2,12,15). The van der Waals surface area contributed by atoms with Gasteiger partial charge >= 0.3 is 0 Å². The molecule has 0 saturated heterocycles. The number of nitrogens with zero attached hydrogens (tertiary/aromatic N) is 2. The zero-order valence-corrected chi connectivity index (χ0v) is 8.34. The maximum absolute atomic E-state index is 11.0. The van der Waals surface area contributed by atoms with Crippen LogP contribution >= 0.6 is 0 Å². The molecule has 0 saturated carbocycles. The molecule has 1 aromatic heterocycles. The Balaban J connectivity index is 2.55. The number of rotatable bonds is 2. The first-order valence-electron chi connectivity index (χ1n) is 4.59. The van der Waals surface area contributed by atoms with Crippen LogP contribution in [0.1, 0.15) is 15.9 Å². The molecule has 1 amide bonds. The number of carbonyl (C=O) groups is 1. The van der Waals surface area contributed by atoms with Gasteiger partial charge in [-0.1, -0.05) is 6.07 Å². The van der Waals surface area contributed by atoms with E-state index in [0.29, 0.717) is 5.56 Å². The van der Waals surface area contributed by atoms with Gasteiger partial charge in [0.2, 0.25) is 5.91 Å². The lowest BCUT2D eigenvalue weighted by molar-refractivity contribution is 0.100. The summed E-state index contributed by atoms with van der Waals surface area (Å²) in [7, 11) is 0. The van der Waals surface area contributed by atoms with Gasteiger partial charge in [0.15, 0.2) is 0 Å². The minimum Gasteiger partial charge on any atom is -0.366 e. The van der Waals surface area contributed by atoms with Crippen molar-refractivity contribution in [3.63, 3.8) is 0 Å². The molecule has 2 N–H and O–H groups in total. The summed E-state index contributed by atoms with van der Waals surface area (Å²) in [4.78, 5) is 11.0. The van der Waals surface area contributed by atoms with Crippen LogP contribution in [-0.4, -0.2) is 15.7 Å². The molecular formula is C11H11N3O. The van der Waals surface area contributed by atoms with Gasteiger partial charge < -0.3 is 5.73 Å². The minimum absolute atomic E-state index is 0.427. The van der Waals surface area contributed by atoms with Gasteiger partial charge in [0.05, 0.1) is 5.69 Å². The molecule has 4 heteroatoms. The van der Waals surface area contributed by atoms with Gasteiger partial charge in [-0.05, 0) is 30.7 Å². The monoisotopic (exact) mass is 201 g/mol. The highest BCUT2D eigenvalue weighted by atomic mass is 16.1. The highest BCUT2D eigenvalue weighted by Gasteiger charge is 2.05. The van der Waals surface area contributed by atoms with Crippen LogP contribution in [0.15, 0.2) is 36.7 Å². The summed E-state index contributed by atoms with van der Waals surface area (Å²) in [5, 5.41) is 4.11. The number of aryl methyl sites for hydroxylation is 1. The van der Waals surface area contributed by atoms with E-state index in [1.807, 2.05) is 25.3 Å². The van der Waals surface area contributed by atoms with Gasteiger partial charge in [-0.25, -0.2) is 4.68 Å². The van der Waals surface area contributed by atoms with Gasteiger partial charge in [0, 0.05) is 18.0 Å². The predicted octanol–water partition coefficient (Wildman–Crippen LogP) is 1.28. The van der Waals surface area contributed by atoms with Crippen LogP contribution in [0.25, 0.3) is 5.69 Å². The van der Waals surface area contributed by atoms with Crippen LogP contribution in [0.5, 0.6) is 0 Å². The molecule has 1 aromatic carbocycles. The van der Waals surface area contributed by atoms with Crippen molar-refractivity contribution in [2.24, 2.45) is 5.73 Å². The van der Waals surface area contributed by atoms with E-state index < -0.39 is 5.91 Å². The molecular weight excluding hydrogens is 190 g/mol. The quantitative estimate of drug-likeness (QED) is 0.795. The first kappa shape index (κ1) is 9.45. The number of hydrogen-bond donors (Lipinski definition) is 1. The largest absolute Gasteiger partial charge is 0.366 e. The average Bonchev–Trinajstić information content (AvgIpc) is 2.71. The molecule has 76 valence electrons. The Kier molecular flexibility index (Phi) is 2.25. The highest BCUT2D eigenvalue weighted by molar-refractivity contribution is 5.93. The van der Waals surface area contributed by atoms with E-state index in [9.17, 15) is 4.79 Å². The predicted molar refractivity (Wildman–Crippen MR) is 56.8 cm³/mol. The Labute approximate surface area is 87.3 Å². The second-order valence-corrected chi connectivity index (χ2v) is 3.32. The van der Waals surface area contributed by atoms with E-state index in [-0.39, 0.29) is 0 Å². The van der Waals surface area contributed by atoms with Gasteiger partial charge in [-0.3, -0.25) is 4.79 Å². The number of amides is 1. The second kappa shape index (κ2) is 3.57. The molecule has 0 fully saturated rings. The van der Waals surface area contributed by atoms with Crippen molar-refractivity contribution >= 4 is 5.91 Å². The molecule has 15 heavy (non-hydrogen) atoms. The fourth-order valence-corrected chi connectivity index (χ4v) is 1.42. The van der Waals surface area contributed by atoms with E-state index in [4.69, 9.17) is 5.73 Å². The molecule has 0 aliphatic carbocycles. The van der Waals surface area contributed by atoms with Gasteiger partial charge in [0.1, 0.15) is 0 Å². The van der Waals surface area contributed by atoms with Crippen LogP contribution in [0, 0.1) is 6.92 Å². The maximum atomic E-state index is 11.0. The molecule has 1 heterocycles. The zero-order chi connectivity index (χ0) is 10.8. The minimum atomic E-state index is -0.427. The molecule has 2 aromatic rings. The third kappa shape index (κ3) is 1.74. The van der Waals surface area contributed by atoms with E-state index in [0.717, 1.165) is 11.3 Å². The Morgan fingerprint density at radius 3 is 2.87 bits per heavy atom. The van der Waals surface area contributed by atoms with Crippen molar-refractivity contribution < 1.29 is 4.79 Å². The number of carbonyl (C=O) groups excluding carboxylic acids is 1. The summed E-state index contributed by atoms with van der Waals surface area (Å²) < 4.78 is 1.71. The van der Waals surface area contributed by atoms with Crippen LogP contribution < -0.4 is 5.73 Å². The van der Waals surface area contributed by atoms with E-state index in [2.05, 4.69) is 5.10 Å². The Morgan fingerprint density at radius 2 is 2.27 bits per heavy atom. The summed E-state index contributed by atoms with van der Waals surface area (Å²) in [6.45, 7) is 1.96. The third-order valence-corrected chi connectivity index (χ3v) is 2.24. The number of benzene rings is 1. The Hall–Kier alpha value is -2.10. The number of primary amides is 1. The lowest BCUT2D eigenvalue weighted by atomic mass is 10.1. The molecule has 4 nitrogen and oxygen atoms in total. The number of aromatic nitrogens is 2. The van der Waals surface area contributed by atoms with Crippen molar-refractivity contribution in [1.82, 2.24) is 9.78 Å². The van der Waals surface area contributed by atoms with Gasteiger partial charge in [-0.2, -0.15) is 5.10 Å². The molecule has 0 atom stereocenters. The van der Waals surface area contributed by atoms with Crippen molar-refractivity contribution in [2.45, 2.75) is 6.92 Å². The average molecular weight is 201 g/mol. The molecule has 0 unspecified atom stereocenters. The summed E-state index contributed by atoms with van der Waals surface area (Å²) in [5.74, 6) is -0.427. The zero-order valence-electron chi connectivity index (χ0n) is 8.34. The van der Waals surface area contributed by atoms with E-state index in [1.54, 1.807) is 23.0 Å². The van der Waals surface area contributed by atoms with Gasteiger partial charge in [-0.15, -0.1) is 0 Å². The van der Waals surface area contributed by atoms with Crippen LogP contribution in [-0.2, 0) is 0 Å². The van der Waals surface area contributed by atoms with Crippen molar-refractivity contribution in [1.29, 1.82) is 0 Å². The fourth-order valence-electron chi connectivity index (χ4n) is 1.42. The van der Waals surface area contributed by atoms with Crippen molar-refractivity contribution in [2.75, 3.05) is 0 Å². The third-order valence-electron chi connectivity index (χ3n) is 2.24. The Morgan fingerprint density at radius 1 is 1.47 bits per heavy atom. The molecule has 0 radical (unpaired) electrons. The summed E-state index contributed by atoms with van der Waals surface area (Å²) in [6, 6.07) is 7.14. The maximum Gasteiger partial charge on any atom is 0.248 e. The number of hydrogen-bond acceptors (Lipinski definition) is 2. The second-order valence-electron chi connectivity index (χ2n) is 3.32. The van der Waals surface area contributed by atoms with Crippen molar-refractivity contribution in [3.8, 4) is 5.69 Å². The first-order chi connectivity index (χ1) is 7.18. The first-order valence-corrected chi connectivity index (χ1v) is 4.59. The molecule has 2 rings (SSSR count). The normalized spacial score (nSPS) is 10.2. The summed E-state index contributed by atoms with van der Waals surface area (Å²) in [6.07, 6.45) is 3.52. The lowest BCUT2D eigenvalue weighted by Crippen LogP contribution is -2.12. The van der Waals surface area contributed by atoms with Gasteiger partial charge in [0.25, 0.3) is 0 Å². The highest BCUT2D eigenvalue weighted by Crippen LogP contribution is 2.14. The van der Waals surface area contributed by atoms with E-state index in [1.165, 1.54) is 0 Å². The summed E-state index contributed by atoms with van der Waals surface area (Å²) in [5.41, 5.74) is 7.63. The van der Waals surface area contributed by atoms with Crippen LogP contribution in [0.2, 0.25) is 0 Å². The molecule has 0 bridgehead atoms. The topological polar surface area (TPSA) is 60.9 Å². The van der Waals surface area contributed by atoms with Crippen LogP contribution in [0.4, 0.5) is 0 Å². The lowest BCUT2D eigenvalue weighted by Gasteiger charge is -2.06. The SMILES string of the molecule is Cc1ccc(C(N)=O)cc1-n1cccn1. The van der Waals surface area contributed by atoms with E-state index >= 15 is 0 Å². The molecule has 0 spiro atoms. The molecule has 0 aliphatic heterocycles. The fraction of sp³-hybridized carbons (Fsp3) is 0.0909.